The molecule has 1 aromatic carbocycles. The van der Waals surface area contributed by atoms with Gasteiger partial charge in [-0.25, -0.2) is 4.39 Å². The van der Waals surface area contributed by atoms with E-state index < -0.39 is 0 Å². The Morgan fingerprint density at radius 3 is 2.86 bits per heavy atom. The number of benzene rings is 1. The molecule has 0 N–H and O–H groups in total. The van der Waals surface area contributed by atoms with Gasteiger partial charge in [-0.05, 0) is 49.8 Å². The van der Waals surface area contributed by atoms with Crippen LogP contribution in [0.25, 0.3) is 0 Å². The van der Waals surface area contributed by atoms with Crippen LogP contribution in [0.1, 0.15) is 30.4 Å². The summed E-state index contributed by atoms with van der Waals surface area (Å²) in [4.78, 5) is 0. The maximum absolute atomic E-state index is 13.0. The van der Waals surface area contributed by atoms with Gasteiger partial charge in [0.1, 0.15) is 5.82 Å². The summed E-state index contributed by atoms with van der Waals surface area (Å²) in [5.41, 5.74) is 3.49. The minimum Gasteiger partial charge on any atom is -0.207 e. The first-order valence-corrected chi connectivity index (χ1v) is 5.18. The molecule has 1 heteroatoms. The summed E-state index contributed by atoms with van der Waals surface area (Å²) in [5, 5.41) is 0. The van der Waals surface area contributed by atoms with Crippen LogP contribution in [0.4, 0.5) is 4.39 Å². The zero-order valence-electron chi connectivity index (χ0n) is 8.52. The van der Waals surface area contributed by atoms with Crippen LogP contribution >= 0.6 is 0 Å². The molecule has 0 saturated carbocycles. The summed E-state index contributed by atoms with van der Waals surface area (Å²) in [6.07, 6.45) is 7.04. The number of allylic oxidation sites excluding steroid dienone is 2. The second kappa shape index (κ2) is 3.95. The maximum atomic E-state index is 13.0. The van der Waals surface area contributed by atoms with Crippen molar-refractivity contribution >= 4 is 0 Å². The molecule has 1 aliphatic rings. The Bertz CT molecular complexity index is 363. The molecule has 0 radical (unpaired) electrons. The van der Waals surface area contributed by atoms with Gasteiger partial charge in [-0.3, -0.25) is 0 Å². The van der Waals surface area contributed by atoms with Crippen molar-refractivity contribution in [3.8, 4) is 0 Å². The molecule has 2 rings (SSSR count). The van der Waals surface area contributed by atoms with E-state index in [1.54, 1.807) is 6.07 Å². The molecule has 1 aliphatic carbocycles. The predicted octanol–water partition coefficient (Wildman–Crippen LogP) is 3.79. The third kappa shape index (κ3) is 2.03. The number of rotatable bonds is 2. The van der Waals surface area contributed by atoms with Crippen molar-refractivity contribution < 1.29 is 4.39 Å². The highest BCUT2D eigenvalue weighted by molar-refractivity contribution is 5.28. The van der Waals surface area contributed by atoms with E-state index in [0.29, 0.717) is 0 Å². The van der Waals surface area contributed by atoms with Gasteiger partial charge in [0, 0.05) is 0 Å². The fourth-order valence-electron chi connectivity index (χ4n) is 1.98. The SMILES string of the molecule is Cc1cc(CC2=CCCC2)ccc1F. The van der Waals surface area contributed by atoms with E-state index in [1.807, 2.05) is 19.1 Å². The van der Waals surface area contributed by atoms with Crippen LogP contribution in [0, 0.1) is 12.7 Å². The van der Waals surface area contributed by atoms with Gasteiger partial charge in [0.2, 0.25) is 0 Å². The average Bonchev–Trinajstić information content (AvgIpc) is 2.64. The lowest BCUT2D eigenvalue weighted by atomic mass is 10.0. The van der Waals surface area contributed by atoms with E-state index in [4.69, 9.17) is 0 Å². The van der Waals surface area contributed by atoms with Crippen LogP contribution in [0.5, 0.6) is 0 Å². The lowest BCUT2D eigenvalue weighted by Gasteiger charge is -2.04. The molecule has 0 saturated heterocycles. The molecule has 0 aliphatic heterocycles. The first-order valence-electron chi connectivity index (χ1n) is 5.18. The molecular weight excluding hydrogens is 175 g/mol. The molecule has 0 bridgehead atoms. The molecule has 0 fully saturated rings. The van der Waals surface area contributed by atoms with Gasteiger partial charge in [0.25, 0.3) is 0 Å². The van der Waals surface area contributed by atoms with Crippen LogP contribution in [-0.2, 0) is 6.42 Å². The van der Waals surface area contributed by atoms with Crippen molar-refractivity contribution in [2.45, 2.75) is 32.6 Å². The van der Waals surface area contributed by atoms with Crippen molar-refractivity contribution in [1.82, 2.24) is 0 Å². The van der Waals surface area contributed by atoms with Crippen LogP contribution in [0.2, 0.25) is 0 Å². The maximum Gasteiger partial charge on any atom is 0.126 e. The number of halogens is 1. The summed E-state index contributed by atoms with van der Waals surface area (Å²) in [6, 6.07) is 5.41. The molecule has 0 aromatic heterocycles. The molecule has 14 heavy (non-hydrogen) atoms. The molecule has 74 valence electrons. The molecule has 1 aromatic rings. The van der Waals surface area contributed by atoms with Crippen LogP contribution in [0.15, 0.2) is 29.8 Å². The molecule has 0 amide bonds. The normalized spacial score (nSPS) is 15.7. The Morgan fingerprint density at radius 1 is 1.36 bits per heavy atom. The Kier molecular flexibility index (Phi) is 2.67. The highest BCUT2D eigenvalue weighted by Crippen LogP contribution is 2.22. The summed E-state index contributed by atoms with van der Waals surface area (Å²) in [7, 11) is 0. The van der Waals surface area contributed by atoms with Gasteiger partial charge in [-0.1, -0.05) is 23.8 Å². The standard InChI is InChI=1S/C13H15F/c1-10-8-12(6-7-13(10)14)9-11-4-2-3-5-11/h4,6-8H,2-3,5,9H2,1H3. The molecule has 0 atom stereocenters. The monoisotopic (exact) mass is 190 g/mol. The van der Waals surface area contributed by atoms with E-state index in [0.717, 1.165) is 12.0 Å². The smallest absolute Gasteiger partial charge is 0.126 e. The molecule has 0 heterocycles. The molecular formula is C13H15F. The molecule has 0 nitrogen and oxygen atoms in total. The first kappa shape index (κ1) is 9.45. The average molecular weight is 190 g/mol. The topological polar surface area (TPSA) is 0 Å². The van der Waals surface area contributed by atoms with E-state index in [-0.39, 0.29) is 5.82 Å². The zero-order valence-corrected chi connectivity index (χ0v) is 8.52. The number of hydrogen-bond acceptors (Lipinski definition) is 0. The fourth-order valence-corrected chi connectivity index (χ4v) is 1.98. The largest absolute Gasteiger partial charge is 0.207 e. The minimum atomic E-state index is -0.103. The third-order valence-electron chi connectivity index (χ3n) is 2.79. The van der Waals surface area contributed by atoms with Gasteiger partial charge in [0.05, 0.1) is 0 Å². The van der Waals surface area contributed by atoms with Crippen molar-refractivity contribution in [3.05, 3.63) is 46.8 Å². The minimum absolute atomic E-state index is 0.103. The summed E-state index contributed by atoms with van der Waals surface area (Å²) in [6.45, 7) is 1.82. The van der Waals surface area contributed by atoms with Crippen LogP contribution < -0.4 is 0 Å². The van der Waals surface area contributed by atoms with Crippen LogP contribution in [0.3, 0.4) is 0 Å². The van der Waals surface area contributed by atoms with Crippen molar-refractivity contribution in [2.24, 2.45) is 0 Å². The van der Waals surface area contributed by atoms with Crippen molar-refractivity contribution in [3.63, 3.8) is 0 Å². The van der Waals surface area contributed by atoms with E-state index >= 15 is 0 Å². The van der Waals surface area contributed by atoms with Gasteiger partial charge in [-0.2, -0.15) is 0 Å². The highest BCUT2D eigenvalue weighted by atomic mass is 19.1. The van der Waals surface area contributed by atoms with Gasteiger partial charge >= 0.3 is 0 Å². The van der Waals surface area contributed by atoms with Gasteiger partial charge in [-0.15, -0.1) is 0 Å². The Morgan fingerprint density at radius 2 is 2.21 bits per heavy atom. The second-order valence-corrected chi connectivity index (χ2v) is 4.01. The molecule has 0 spiro atoms. The quantitative estimate of drug-likeness (QED) is 0.622. The highest BCUT2D eigenvalue weighted by Gasteiger charge is 2.06. The summed E-state index contributed by atoms with van der Waals surface area (Å²) < 4.78 is 13.0. The Labute approximate surface area is 84.5 Å². The number of hydrogen-bond donors (Lipinski definition) is 0. The second-order valence-electron chi connectivity index (χ2n) is 4.01. The molecule has 0 unspecified atom stereocenters. The summed E-state index contributed by atoms with van der Waals surface area (Å²) >= 11 is 0. The van der Waals surface area contributed by atoms with E-state index in [2.05, 4.69) is 6.08 Å². The lowest BCUT2D eigenvalue weighted by molar-refractivity contribution is 0.617. The lowest BCUT2D eigenvalue weighted by Crippen LogP contribution is -1.90. The van der Waals surface area contributed by atoms with Crippen molar-refractivity contribution in [1.29, 1.82) is 0 Å². The van der Waals surface area contributed by atoms with E-state index in [1.165, 1.54) is 30.4 Å². The van der Waals surface area contributed by atoms with Crippen LogP contribution in [-0.4, -0.2) is 0 Å². The third-order valence-corrected chi connectivity index (χ3v) is 2.79. The predicted molar refractivity (Wildman–Crippen MR) is 56.8 cm³/mol. The first-order chi connectivity index (χ1) is 6.75. The van der Waals surface area contributed by atoms with Gasteiger partial charge < -0.3 is 0 Å². The van der Waals surface area contributed by atoms with E-state index in [9.17, 15) is 4.39 Å². The summed E-state index contributed by atoms with van der Waals surface area (Å²) in [5.74, 6) is -0.103. The Hall–Kier alpha value is -1.11. The van der Waals surface area contributed by atoms with Crippen molar-refractivity contribution in [2.75, 3.05) is 0 Å². The fraction of sp³-hybridized carbons (Fsp3) is 0.385. The van der Waals surface area contributed by atoms with Gasteiger partial charge in [0.15, 0.2) is 0 Å². The number of aryl methyl sites for hydroxylation is 1. The zero-order chi connectivity index (χ0) is 9.97. The Balaban J connectivity index is 2.13.